The summed E-state index contributed by atoms with van der Waals surface area (Å²) in [6, 6.07) is 9.89. The second-order valence-corrected chi connectivity index (χ2v) is 10.0. The summed E-state index contributed by atoms with van der Waals surface area (Å²) in [5.74, 6) is -2.62. The molecule has 8 nitrogen and oxygen atoms in total. The number of halogens is 2. The summed E-state index contributed by atoms with van der Waals surface area (Å²) in [6.07, 6.45) is 12.4. The third kappa shape index (κ3) is 5.13. The number of allylic oxidation sites excluding steroid dienone is 2. The highest BCUT2D eigenvalue weighted by molar-refractivity contribution is 5.99. The van der Waals surface area contributed by atoms with Crippen LogP contribution < -0.4 is 5.32 Å². The monoisotopic (exact) mass is 538 g/mol. The highest BCUT2D eigenvalue weighted by Crippen LogP contribution is 2.33. The number of aromatic amines is 2. The lowest BCUT2D eigenvalue weighted by Crippen LogP contribution is -2.26. The average molecular weight is 539 g/mol. The predicted octanol–water partition coefficient (Wildman–Crippen LogP) is 5.92. The minimum Gasteiger partial charge on any atom is -0.368 e. The predicted molar refractivity (Wildman–Crippen MR) is 153 cm³/mol. The lowest BCUT2D eigenvalue weighted by Gasteiger charge is -2.16. The van der Waals surface area contributed by atoms with Crippen LogP contribution in [0.1, 0.15) is 18.9 Å². The first-order valence-electron chi connectivity index (χ1n) is 13.0. The Morgan fingerprint density at radius 1 is 1.18 bits per heavy atom. The van der Waals surface area contributed by atoms with Crippen LogP contribution in [0.15, 0.2) is 85.7 Å². The zero-order valence-corrected chi connectivity index (χ0v) is 22.0. The molecule has 202 valence electrons. The first kappa shape index (κ1) is 25.6. The fraction of sp³-hybridized carbons (Fsp3) is 0.200. The summed E-state index contributed by atoms with van der Waals surface area (Å²) in [6.45, 7) is 6.33. The molecule has 0 radical (unpaired) electrons. The van der Waals surface area contributed by atoms with E-state index in [1.165, 1.54) is 0 Å². The Morgan fingerprint density at radius 3 is 2.85 bits per heavy atom. The molecule has 6 rings (SSSR count). The van der Waals surface area contributed by atoms with Gasteiger partial charge in [0, 0.05) is 77.9 Å². The molecule has 0 spiro atoms. The Balaban J connectivity index is 1.36. The van der Waals surface area contributed by atoms with Crippen molar-refractivity contribution in [2.75, 3.05) is 19.6 Å². The molecule has 3 N–H and O–H groups in total. The van der Waals surface area contributed by atoms with Crippen LogP contribution in [-0.2, 0) is 0 Å². The van der Waals surface area contributed by atoms with Crippen molar-refractivity contribution in [3.8, 4) is 22.6 Å². The van der Waals surface area contributed by atoms with Crippen molar-refractivity contribution in [1.82, 2.24) is 40.3 Å². The van der Waals surface area contributed by atoms with Crippen LogP contribution in [0.2, 0.25) is 0 Å². The van der Waals surface area contributed by atoms with Gasteiger partial charge in [-0.2, -0.15) is 5.10 Å². The van der Waals surface area contributed by atoms with Crippen molar-refractivity contribution < 1.29 is 8.78 Å². The summed E-state index contributed by atoms with van der Waals surface area (Å²) in [7, 11) is 0. The third-order valence-corrected chi connectivity index (χ3v) is 6.98. The van der Waals surface area contributed by atoms with Crippen molar-refractivity contribution in [3.05, 3.63) is 91.3 Å². The maximum atomic E-state index is 13.7. The second kappa shape index (κ2) is 10.5. The van der Waals surface area contributed by atoms with E-state index in [4.69, 9.17) is 0 Å². The Bertz CT molecular complexity index is 1750. The van der Waals surface area contributed by atoms with E-state index in [9.17, 15) is 8.78 Å². The van der Waals surface area contributed by atoms with Crippen LogP contribution in [0.25, 0.3) is 50.2 Å². The first-order valence-corrected chi connectivity index (χ1v) is 13.0. The summed E-state index contributed by atoms with van der Waals surface area (Å²) in [4.78, 5) is 18.7. The zero-order chi connectivity index (χ0) is 27.7. The molecule has 0 aromatic carbocycles. The normalized spacial score (nSPS) is 16.2. The van der Waals surface area contributed by atoms with Gasteiger partial charge in [0.1, 0.15) is 0 Å². The van der Waals surface area contributed by atoms with Crippen LogP contribution in [0.3, 0.4) is 0 Å². The SMILES string of the molecule is C=CN/C=C(\C=C(/C)CN1CCC(F)(F)C1)c1cnc2n[nH]c(-c3cc4c(-c5cccnc5)nccc4[nH]3)c2c1. The smallest absolute Gasteiger partial charge is 0.261 e. The highest BCUT2D eigenvalue weighted by Gasteiger charge is 2.37. The summed E-state index contributed by atoms with van der Waals surface area (Å²) in [5.41, 5.74) is 7.62. The van der Waals surface area contributed by atoms with E-state index < -0.39 is 5.92 Å². The van der Waals surface area contributed by atoms with Crippen LogP contribution in [-0.4, -0.2) is 60.6 Å². The van der Waals surface area contributed by atoms with Gasteiger partial charge in [0.15, 0.2) is 5.65 Å². The van der Waals surface area contributed by atoms with Crippen molar-refractivity contribution in [2.45, 2.75) is 19.3 Å². The molecule has 0 bridgehead atoms. The molecule has 6 heterocycles. The van der Waals surface area contributed by atoms with Gasteiger partial charge in [0.25, 0.3) is 5.92 Å². The number of hydrogen-bond acceptors (Lipinski definition) is 6. The molecule has 0 saturated carbocycles. The van der Waals surface area contributed by atoms with Crippen LogP contribution in [0.4, 0.5) is 8.78 Å². The van der Waals surface area contributed by atoms with E-state index in [1.54, 1.807) is 35.9 Å². The van der Waals surface area contributed by atoms with Crippen molar-refractivity contribution >= 4 is 27.5 Å². The largest absolute Gasteiger partial charge is 0.368 e. The van der Waals surface area contributed by atoms with Crippen LogP contribution in [0.5, 0.6) is 0 Å². The fourth-order valence-electron chi connectivity index (χ4n) is 5.15. The maximum absolute atomic E-state index is 13.7. The molecule has 1 saturated heterocycles. The zero-order valence-electron chi connectivity index (χ0n) is 22.0. The molecule has 1 aliphatic heterocycles. The van der Waals surface area contributed by atoms with E-state index >= 15 is 0 Å². The molecule has 0 atom stereocenters. The molecular formula is C30H28F2N8. The van der Waals surface area contributed by atoms with Crippen molar-refractivity contribution in [3.63, 3.8) is 0 Å². The number of fused-ring (bicyclic) bond motifs is 2. The first-order chi connectivity index (χ1) is 19.4. The number of hydrogen-bond donors (Lipinski definition) is 3. The lowest BCUT2D eigenvalue weighted by atomic mass is 10.0. The molecule has 5 aromatic rings. The molecule has 5 aromatic heterocycles. The molecule has 0 unspecified atom stereocenters. The number of nitrogens with one attached hydrogen (secondary N) is 3. The Labute approximate surface area is 229 Å². The minimum atomic E-state index is -2.62. The molecule has 10 heteroatoms. The third-order valence-electron chi connectivity index (χ3n) is 6.98. The van der Waals surface area contributed by atoms with Gasteiger partial charge in [-0.05, 0) is 49.0 Å². The number of likely N-dealkylation sites (tertiary alicyclic amines) is 1. The number of rotatable bonds is 8. The average Bonchev–Trinajstić information content (AvgIpc) is 3.66. The topological polar surface area (TPSA) is 98.4 Å². The van der Waals surface area contributed by atoms with E-state index in [0.717, 1.165) is 55.6 Å². The highest BCUT2D eigenvalue weighted by atomic mass is 19.3. The quantitative estimate of drug-likeness (QED) is 0.212. The lowest BCUT2D eigenvalue weighted by molar-refractivity contribution is 0.0131. The number of H-pyrrole nitrogens is 2. The Kier molecular flexibility index (Phi) is 6.69. The standard InChI is InChI=1S/C30H28F2N8/c1-3-33-15-21(11-19(2)17-40-10-7-30(31,32)18-40)22-12-24-28(38-39-29(24)36-16-22)26-13-23-25(37-26)6-9-35-27(23)20-5-4-8-34-14-20/h3-6,8-9,11-16,33,37H,1,7,10,17-18H2,2H3,(H,36,38,39)/b19-11+,21-15+. The van der Waals surface area contributed by atoms with Crippen LogP contribution >= 0.6 is 0 Å². The molecule has 1 aliphatic rings. The maximum Gasteiger partial charge on any atom is 0.261 e. The van der Waals surface area contributed by atoms with Gasteiger partial charge >= 0.3 is 0 Å². The molecule has 0 aliphatic carbocycles. The van der Waals surface area contributed by atoms with Gasteiger partial charge in [-0.25, -0.2) is 13.8 Å². The summed E-state index contributed by atoms with van der Waals surface area (Å²) < 4.78 is 27.4. The fourth-order valence-corrected chi connectivity index (χ4v) is 5.15. The number of pyridine rings is 3. The Morgan fingerprint density at radius 2 is 2.08 bits per heavy atom. The Hall–Kier alpha value is -4.70. The van der Waals surface area contributed by atoms with E-state index in [0.29, 0.717) is 18.7 Å². The molecule has 1 fully saturated rings. The summed E-state index contributed by atoms with van der Waals surface area (Å²) >= 11 is 0. The van der Waals surface area contributed by atoms with Gasteiger partial charge < -0.3 is 10.3 Å². The van der Waals surface area contributed by atoms with Crippen molar-refractivity contribution in [2.24, 2.45) is 0 Å². The number of alkyl halides is 2. The number of aromatic nitrogens is 6. The number of nitrogens with zero attached hydrogens (tertiary/aromatic N) is 5. The van der Waals surface area contributed by atoms with Gasteiger partial charge in [-0.15, -0.1) is 0 Å². The van der Waals surface area contributed by atoms with E-state index in [2.05, 4.69) is 48.1 Å². The van der Waals surface area contributed by atoms with E-state index in [-0.39, 0.29) is 13.0 Å². The molecule has 0 amide bonds. The van der Waals surface area contributed by atoms with Gasteiger partial charge in [-0.3, -0.25) is 20.0 Å². The second-order valence-electron chi connectivity index (χ2n) is 10.0. The summed E-state index contributed by atoms with van der Waals surface area (Å²) in [5, 5.41) is 12.4. The van der Waals surface area contributed by atoms with Gasteiger partial charge in [-0.1, -0.05) is 18.2 Å². The van der Waals surface area contributed by atoms with Crippen molar-refractivity contribution in [1.29, 1.82) is 0 Å². The van der Waals surface area contributed by atoms with Gasteiger partial charge in [0.05, 0.1) is 23.6 Å². The minimum absolute atomic E-state index is 0.0988. The van der Waals surface area contributed by atoms with E-state index in [1.807, 2.05) is 43.5 Å². The van der Waals surface area contributed by atoms with Gasteiger partial charge in [0.2, 0.25) is 0 Å². The van der Waals surface area contributed by atoms with Crippen LogP contribution in [0, 0.1) is 0 Å². The molecule has 40 heavy (non-hydrogen) atoms. The molecular weight excluding hydrogens is 510 g/mol.